The van der Waals surface area contributed by atoms with E-state index < -0.39 is 0 Å². The van der Waals surface area contributed by atoms with E-state index in [4.69, 9.17) is 0 Å². The largest absolute Gasteiger partial charge is 0.352 e. The Balaban J connectivity index is 1.90. The summed E-state index contributed by atoms with van der Waals surface area (Å²) in [7, 11) is 1.72. The maximum absolute atomic E-state index is 13.2. The normalized spacial score (nSPS) is 11.4. The molecule has 0 radical (unpaired) electrons. The molecule has 0 bridgehead atoms. The first-order chi connectivity index (χ1) is 10.6. The van der Waals surface area contributed by atoms with Crippen LogP contribution in [0.5, 0.6) is 0 Å². The maximum Gasteiger partial charge on any atom is 0.191 e. The molecule has 1 heterocycles. The van der Waals surface area contributed by atoms with Crippen molar-refractivity contribution in [2.45, 2.75) is 26.9 Å². The summed E-state index contributed by atoms with van der Waals surface area (Å²) >= 11 is 0. The Kier molecular flexibility index (Phi) is 5.47. The summed E-state index contributed by atoms with van der Waals surface area (Å²) in [6, 6.07) is 9.04. The molecule has 0 unspecified atom stereocenters. The number of guanidine groups is 1. The minimum atomic E-state index is -0.183. The third-order valence-electron chi connectivity index (χ3n) is 3.45. The van der Waals surface area contributed by atoms with E-state index in [0.717, 1.165) is 16.8 Å². The molecule has 0 aliphatic rings. The molecule has 116 valence electrons. The fourth-order valence-corrected chi connectivity index (χ4v) is 2.09. The van der Waals surface area contributed by atoms with Crippen LogP contribution in [0.2, 0.25) is 0 Å². The molecular weight excluding hydrogens is 279 g/mol. The van der Waals surface area contributed by atoms with Crippen molar-refractivity contribution < 1.29 is 4.39 Å². The van der Waals surface area contributed by atoms with Gasteiger partial charge in [-0.3, -0.25) is 9.98 Å². The second-order valence-electron chi connectivity index (χ2n) is 5.13. The molecule has 0 aliphatic carbocycles. The Morgan fingerprint density at radius 3 is 2.59 bits per heavy atom. The lowest BCUT2D eigenvalue weighted by Crippen LogP contribution is -2.36. The van der Waals surface area contributed by atoms with Crippen LogP contribution in [-0.2, 0) is 13.1 Å². The van der Waals surface area contributed by atoms with E-state index in [2.05, 4.69) is 20.6 Å². The highest BCUT2D eigenvalue weighted by Gasteiger charge is 2.03. The molecule has 1 aromatic heterocycles. The average Bonchev–Trinajstić information content (AvgIpc) is 2.52. The van der Waals surface area contributed by atoms with Gasteiger partial charge in [-0.2, -0.15) is 0 Å². The highest BCUT2D eigenvalue weighted by molar-refractivity contribution is 5.79. The van der Waals surface area contributed by atoms with Gasteiger partial charge in [-0.05, 0) is 42.7 Å². The van der Waals surface area contributed by atoms with Crippen molar-refractivity contribution in [3.63, 3.8) is 0 Å². The van der Waals surface area contributed by atoms with E-state index in [1.54, 1.807) is 26.2 Å². The molecule has 0 spiro atoms. The smallest absolute Gasteiger partial charge is 0.191 e. The average molecular weight is 300 g/mol. The first-order valence-corrected chi connectivity index (χ1v) is 7.20. The number of nitrogens with zero attached hydrogens (tertiary/aromatic N) is 2. The number of aryl methyl sites for hydroxylation is 2. The lowest BCUT2D eigenvalue weighted by Gasteiger charge is -2.13. The zero-order valence-corrected chi connectivity index (χ0v) is 13.2. The molecule has 0 amide bonds. The molecule has 2 N–H and O–H groups in total. The Bertz CT molecular complexity index is 667. The number of pyridine rings is 1. The van der Waals surface area contributed by atoms with Gasteiger partial charge in [0.25, 0.3) is 0 Å². The van der Waals surface area contributed by atoms with Crippen LogP contribution in [-0.4, -0.2) is 18.0 Å². The van der Waals surface area contributed by atoms with Gasteiger partial charge >= 0.3 is 0 Å². The molecule has 5 heteroatoms. The molecule has 0 fully saturated rings. The molecule has 2 rings (SSSR count). The Labute approximate surface area is 130 Å². The van der Waals surface area contributed by atoms with E-state index in [1.807, 2.05) is 25.1 Å². The number of hydrogen-bond acceptors (Lipinski definition) is 2. The molecule has 0 saturated carbocycles. The van der Waals surface area contributed by atoms with Crippen LogP contribution < -0.4 is 10.6 Å². The topological polar surface area (TPSA) is 49.3 Å². The summed E-state index contributed by atoms with van der Waals surface area (Å²) in [5, 5.41) is 6.44. The monoisotopic (exact) mass is 300 g/mol. The van der Waals surface area contributed by atoms with Gasteiger partial charge in [0.2, 0.25) is 0 Å². The first-order valence-electron chi connectivity index (χ1n) is 7.20. The zero-order chi connectivity index (χ0) is 15.9. The summed E-state index contributed by atoms with van der Waals surface area (Å²) in [4.78, 5) is 8.52. The molecule has 2 aromatic rings. The minimum Gasteiger partial charge on any atom is -0.352 e. The van der Waals surface area contributed by atoms with Crippen LogP contribution in [0.1, 0.15) is 22.4 Å². The number of hydrogen-bond donors (Lipinski definition) is 2. The van der Waals surface area contributed by atoms with E-state index in [-0.39, 0.29) is 5.82 Å². The summed E-state index contributed by atoms with van der Waals surface area (Å²) in [5.74, 6) is 0.504. The van der Waals surface area contributed by atoms with Crippen molar-refractivity contribution in [3.05, 3.63) is 64.7 Å². The number of benzene rings is 1. The van der Waals surface area contributed by atoms with Crippen molar-refractivity contribution in [2.75, 3.05) is 7.05 Å². The van der Waals surface area contributed by atoms with Crippen LogP contribution >= 0.6 is 0 Å². The third-order valence-corrected chi connectivity index (χ3v) is 3.45. The van der Waals surface area contributed by atoms with Crippen LogP contribution in [0.3, 0.4) is 0 Å². The lowest BCUT2D eigenvalue weighted by molar-refractivity contribution is 0.617. The standard InChI is InChI=1S/C17H21FN4/c1-12-5-4-8-20-16(12)11-22-17(19-3)21-10-14-6-7-15(18)13(2)9-14/h4-9H,10-11H2,1-3H3,(H2,19,21,22). The lowest BCUT2D eigenvalue weighted by atomic mass is 10.1. The van der Waals surface area contributed by atoms with Gasteiger partial charge < -0.3 is 10.6 Å². The molecule has 0 atom stereocenters. The van der Waals surface area contributed by atoms with E-state index >= 15 is 0 Å². The Morgan fingerprint density at radius 2 is 1.91 bits per heavy atom. The molecule has 1 aromatic carbocycles. The SMILES string of the molecule is CN=C(NCc1ccc(F)c(C)c1)NCc1ncccc1C. The summed E-state index contributed by atoms with van der Waals surface area (Å²) in [6.07, 6.45) is 1.78. The maximum atomic E-state index is 13.2. The van der Waals surface area contributed by atoms with Gasteiger partial charge in [0, 0.05) is 19.8 Å². The van der Waals surface area contributed by atoms with Crippen LogP contribution in [0.4, 0.5) is 4.39 Å². The van der Waals surface area contributed by atoms with E-state index in [0.29, 0.717) is 24.6 Å². The van der Waals surface area contributed by atoms with Gasteiger partial charge in [-0.25, -0.2) is 4.39 Å². The number of rotatable bonds is 4. The van der Waals surface area contributed by atoms with Crippen molar-refractivity contribution in [3.8, 4) is 0 Å². The molecule has 0 saturated heterocycles. The van der Waals surface area contributed by atoms with Gasteiger partial charge in [0.15, 0.2) is 5.96 Å². The van der Waals surface area contributed by atoms with Gasteiger partial charge in [0.05, 0.1) is 12.2 Å². The summed E-state index contributed by atoms with van der Waals surface area (Å²) in [6.45, 7) is 4.98. The van der Waals surface area contributed by atoms with Crippen molar-refractivity contribution in [1.82, 2.24) is 15.6 Å². The van der Waals surface area contributed by atoms with Gasteiger partial charge in [-0.15, -0.1) is 0 Å². The number of aromatic nitrogens is 1. The van der Waals surface area contributed by atoms with Crippen molar-refractivity contribution in [2.24, 2.45) is 4.99 Å². The minimum absolute atomic E-state index is 0.183. The van der Waals surface area contributed by atoms with E-state index in [1.165, 1.54) is 6.07 Å². The van der Waals surface area contributed by atoms with Gasteiger partial charge in [0.1, 0.15) is 5.82 Å². The second-order valence-corrected chi connectivity index (χ2v) is 5.13. The molecule has 0 aliphatic heterocycles. The fraction of sp³-hybridized carbons (Fsp3) is 0.294. The molecule has 22 heavy (non-hydrogen) atoms. The second kappa shape index (κ2) is 7.54. The molecule has 4 nitrogen and oxygen atoms in total. The van der Waals surface area contributed by atoms with E-state index in [9.17, 15) is 4.39 Å². The fourth-order valence-electron chi connectivity index (χ4n) is 2.09. The number of nitrogens with one attached hydrogen (secondary N) is 2. The predicted octanol–water partition coefficient (Wildman–Crippen LogP) is 2.70. The van der Waals surface area contributed by atoms with Crippen molar-refractivity contribution >= 4 is 5.96 Å². The third kappa shape index (κ3) is 4.28. The summed E-state index contributed by atoms with van der Waals surface area (Å²) in [5.41, 5.74) is 3.78. The highest BCUT2D eigenvalue weighted by atomic mass is 19.1. The zero-order valence-electron chi connectivity index (χ0n) is 13.2. The first kappa shape index (κ1) is 15.9. The number of halogens is 1. The van der Waals surface area contributed by atoms with Crippen LogP contribution in [0.15, 0.2) is 41.5 Å². The quantitative estimate of drug-likeness (QED) is 0.674. The number of aliphatic imine (C=N–C) groups is 1. The van der Waals surface area contributed by atoms with Gasteiger partial charge in [-0.1, -0.05) is 18.2 Å². The Hall–Kier alpha value is -2.43. The predicted molar refractivity (Wildman–Crippen MR) is 87.1 cm³/mol. The summed E-state index contributed by atoms with van der Waals surface area (Å²) < 4.78 is 13.2. The highest BCUT2D eigenvalue weighted by Crippen LogP contribution is 2.09. The molecular formula is C17H21FN4. The van der Waals surface area contributed by atoms with Crippen LogP contribution in [0, 0.1) is 19.7 Å². The Morgan fingerprint density at radius 1 is 1.14 bits per heavy atom. The van der Waals surface area contributed by atoms with Crippen LogP contribution in [0.25, 0.3) is 0 Å². The van der Waals surface area contributed by atoms with Crippen molar-refractivity contribution in [1.29, 1.82) is 0 Å².